The van der Waals surface area contributed by atoms with Crippen LogP contribution in [0.5, 0.6) is 0 Å². The molecule has 0 saturated heterocycles. The molecule has 2 aromatic rings. The predicted octanol–water partition coefficient (Wildman–Crippen LogP) is 2.40. The molecule has 0 saturated carbocycles. The van der Waals surface area contributed by atoms with Gasteiger partial charge in [-0.25, -0.2) is 4.68 Å². The fourth-order valence-corrected chi connectivity index (χ4v) is 1.74. The van der Waals surface area contributed by atoms with Gasteiger partial charge >= 0.3 is 6.18 Å². The third-order valence-corrected chi connectivity index (χ3v) is 2.89. The van der Waals surface area contributed by atoms with Gasteiger partial charge in [0.05, 0.1) is 12.3 Å². The monoisotopic (exact) mass is 271 g/mol. The van der Waals surface area contributed by atoms with Crippen molar-refractivity contribution in [2.75, 3.05) is 0 Å². The van der Waals surface area contributed by atoms with Gasteiger partial charge in [0.2, 0.25) is 0 Å². The molecule has 0 atom stereocenters. The zero-order chi connectivity index (χ0) is 14.2. The highest BCUT2D eigenvalue weighted by molar-refractivity contribution is 5.40. The molecule has 0 spiro atoms. The second kappa shape index (κ2) is 4.65. The molecule has 0 bridgehead atoms. The molecule has 0 unspecified atom stereocenters. The van der Waals surface area contributed by atoms with E-state index >= 15 is 0 Å². The van der Waals surface area contributed by atoms with E-state index < -0.39 is 24.2 Å². The van der Waals surface area contributed by atoms with Crippen molar-refractivity contribution in [1.29, 1.82) is 0 Å². The molecule has 102 valence electrons. The summed E-state index contributed by atoms with van der Waals surface area (Å²) in [6, 6.07) is 4.85. The lowest BCUT2D eigenvalue weighted by molar-refractivity contribution is -0.143. The number of alkyl halides is 3. The van der Waals surface area contributed by atoms with Crippen molar-refractivity contribution in [2.24, 2.45) is 0 Å². The van der Waals surface area contributed by atoms with Crippen molar-refractivity contribution in [3.63, 3.8) is 0 Å². The zero-order valence-electron chi connectivity index (χ0n) is 10.4. The minimum absolute atomic E-state index is 0.266. The maximum atomic E-state index is 13.0. The first-order valence-electron chi connectivity index (χ1n) is 5.55. The van der Waals surface area contributed by atoms with E-state index in [4.69, 9.17) is 5.11 Å². The third kappa shape index (κ3) is 2.46. The van der Waals surface area contributed by atoms with E-state index in [0.717, 1.165) is 11.1 Å². The van der Waals surface area contributed by atoms with E-state index in [-0.39, 0.29) is 5.69 Å². The third-order valence-electron chi connectivity index (χ3n) is 2.89. The summed E-state index contributed by atoms with van der Waals surface area (Å²) in [6.07, 6.45) is -4.62. The molecular formula is C12H12F3N3O. The first-order chi connectivity index (χ1) is 8.84. The first-order valence-corrected chi connectivity index (χ1v) is 5.55. The Kier molecular flexibility index (Phi) is 3.32. The van der Waals surface area contributed by atoms with Crippen LogP contribution in [0.1, 0.15) is 22.5 Å². The van der Waals surface area contributed by atoms with E-state index in [9.17, 15) is 13.2 Å². The molecule has 1 N–H and O–H groups in total. The van der Waals surface area contributed by atoms with Gasteiger partial charge in [-0.3, -0.25) is 0 Å². The van der Waals surface area contributed by atoms with Crippen LogP contribution in [0.2, 0.25) is 0 Å². The van der Waals surface area contributed by atoms with Gasteiger partial charge in [0.15, 0.2) is 5.69 Å². The summed E-state index contributed by atoms with van der Waals surface area (Å²) in [5, 5.41) is 15.8. The molecule has 0 radical (unpaired) electrons. The molecule has 1 aromatic heterocycles. The number of aliphatic hydroxyl groups excluding tert-OH is 1. The lowest BCUT2D eigenvalue weighted by Crippen LogP contribution is -2.15. The predicted molar refractivity (Wildman–Crippen MR) is 61.8 cm³/mol. The van der Waals surface area contributed by atoms with E-state index in [2.05, 4.69) is 10.3 Å². The number of hydrogen-bond acceptors (Lipinski definition) is 3. The van der Waals surface area contributed by atoms with Crippen LogP contribution in [-0.4, -0.2) is 20.1 Å². The van der Waals surface area contributed by atoms with Crippen molar-refractivity contribution >= 4 is 0 Å². The van der Waals surface area contributed by atoms with Gasteiger partial charge in [0.25, 0.3) is 0 Å². The van der Waals surface area contributed by atoms with Gasteiger partial charge in [-0.05, 0) is 37.1 Å². The van der Waals surface area contributed by atoms with Crippen LogP contribution in [-0.2, 0) is 12.8 Å². The number of aryl methyl sites for hydroxylation is 2. The lowest BCUT2D eigenvalue weighted by Gasteiger charge is -2.11. The van der Waals surface area contributed by atoms with Gasteiger partial charge < -0.3 is 5.11 Å². The molecule has 4 nitrogen and oxygen atoms in total. The Morgan fingerprint density at radius 1 is 1.21 bits per heavy atom. The average Bonchev–Trinajstić information content (AvgIpc) is 2.76. The summed E-state index contributed by atoms with van der Waals surface area (Å²) < 4.78 is 39.7. The van der Waals surface area contributed by atoms with Gasteiger partial charge in [0.1, 0.15) is 5.69 Å². The Morgan fingerprint density at radius 3 is 2.42 bits per heavy atom. The van der Waals surface area contributed by atoms with Crippen LogP contribution in [0.3, 0.4) is 0 Å². The van der Waals surface area contributed by atoms with Crippen LogP contribution in [0, 0.1) is 13.8 Å². The normalized spacial score (nSPS) is 11.9. The smallest absolute Gasteiger partial charge is 0.390 e. The zero-order valence-corrected chi connectivity index (χ0v) is 10.4. The van der Waals surface area contributed by atoms with E-state index in [0.29, 0.717) is 4.68 Å². The molecule has 7 heteroatoms. The Bertz CT molecular complexity index is 605. The number of hydrogen-bond donors (Lipinski definition) is 1. The quantitative estimate of drug-likeness (QED) is 0.912. The highest BCUT2D eigenvalue weighted by atomic mass is 19.4. The van der Waals surface area contributed by atoms with Crippen LogP contribution in [0.25, 0.3) is 5.69 Å². The Morgan fingerprint density at radius 2 is 1.89 bits per heavy atom. The van der Waals surface area contributed by atoms with Gasteiger partial charge in [-0.1, -0.05) is 11.3 Å². The second-order valence-corrected chi connectivity index (χ2v) is 4.22. The fourth-order valence-electron chi connectivity index (χ4n) is 1.74. The van der Waals surface area contributed by atoms with E-state index in [1.165, 1.54) is 6.07 Å². The SMILES string of the molecule is Cc1ccc(-n2nnc(CO)c2C(F)(F)F)cc1C. The molecule has 1 heterocycles. The van der Waals surface area contributed by atoms with Crippen molar-refractivity contribution < 1.29 is 18.3 Å². The second-order valence-electron chi connectivity index (χ2n) is 4.22. The number of halogens is 3. The van der Waals surface area contributed by atoms with Gasteiger partial charge in [0, 0.05) is 0 Å². The van der Waals surface area contributed by atoms with Gasteiger partial charge in [-0.2, -0.15) is 13.2 Å². The minimum atomic E-state index is -4.62. The molecule has 1 aromatic carbocycles. The molecule has 19 heavy (non-hydrogen) atoms. The summed E-state index contributed by atoms with van der Waals surface area (Å²) in [4.78, 5) is 0. The van der Waals surface area contributed by atoms with Crippen LogP contribution in [0.15, 0.2) is 18.2 Å². The van der Waals surface area contributed by atoms with Crippen LogP contribution >= 0.6 is 0 Å². The Balaban J connectivity index is 2.62. The van der Waals surface area contributed by atoms with E-state index in [1.807, 2.05) is 6.92 Å². The summed E-state index contributed by atoms with van der Waals surface area (Å²) in [6.45, 7) is 2.86. The molecular weight excluding hydrogens is 259 g/mol. The van der Waals surface area contributed by atoms with Crippen molar-refractivity contribution in [2.45, 2.75) is 26.6 Å². The highest BCUT2D eigenvalue weighted by Gasteiger charge is 2.39. The van der Waals surface area contributed by atoms with Crippen molar-refractivity contribution in [1.82, 2.24) is 15.0 Å². The number of aliphatic hydroxyl groups is 1. The topological polar surface area (TPSA) is 50.9 Å². The first kappa shape index (κ1) is 13.5. The van der Waals surface area contributed by atoms with Crippen LogP contribution < -0.4 is 0 Å². The lowest BCUT2D eigenvalue weighted by atomic mass is 10.1. The van der Waals surface area contributed by atoms with Crippen molar-refractivity contribution in [3.8, 4) is 5.69 Å². The average molecular weight is 271 g/mol. The molecule has 2 rings (SSSR count). The number of benzene rings is 1. The Hall–Kier alpha value is -1.89. The summed E-state index contributed by atoms with van der Waals surface area (Å²) in [7, 11) is 0. The van der Waals surface area contributed by atoms with E-state index in [1.54, 1.807) is 19.1 Å². The summed E-state index contributed by atoms with van der Waals surface area (Å²) >= 11 is 0. The molecule has 0 aliphatic heterocycles. The number of rotatable bonds is 2. The largest absolute Gasteiger partial charge is 0.435 e. The fraction of sp³-hybridized carbons (Fsp3) is 0.333. The van der Waals surface area contributed by atoms with Gasteiger partial charge in [-0.15, -0.1) is 5.10 Å². The highest BCUT2D eigenvalue weighted by Crippen LogP contribution is 2.32. The minimum Gasteiger partial charge on any atom is -0.390 e. The molecule has 0 aliphatic carbocycles. The standard InChI is InChI=1S/C12H12F3N3O/c1-7-3-4-9(5-8(7)2)18-11(12(13,14)15)10(6-19)16-17-18/h3-5,19H,6H2,1-2H3. The molecule has 0 amide bonds. The number of aromatic nitrogens is 3. The maximum Gasteiger partial charge on any atom is 0.435 e. The summed E-state index contributed by atoms with van der Waals surface area (Å²) in [5.41, 5.74) is 0.568. The Labute approximate surface area is 107 Å². The number of nitrogens with zero attached hydrogens (tertiary/aromatic N) is 3. The summed E-state index contributed by atoms with van der Waals surface area (Å²) in [5.74, 6) is 0. The van der Waals surface area contributed by atoms with Crippen molar-refractivity contribution in [3.05, 3.63) is 40.7 Å². The molecule has 0 fully saturated rings. The maximum absolute atomic E-state index is 13.0. The molecule has 0 aliphatic rings. The van der Waals surface area contributed by atoms with Crippen LogP contribution in [0.4, 0.5) is 13.2 Å².